The number of halogens is 3. The second kappa shape index (κ2) is 6.98. The van der Waals surface area contributed by atoms with Crippen LogP contribution < -0.4 is 14.5 Å². The predicted octanol–water partition coefficient (Wildman–Crippen LogP) is 2.64. The van der Waals surface area contributed by atoms with Gasteiger partial charge in [-0.2, -0.15) is 4.39 Å². The number of hydrogen-bond donors (Lipinski definition) is 0. The summed E-state index contributed by atoms with van der Waals surface area (Å²) >= 11 is 0. The number of pyridine rings is 1. The number of piperazine rings is 1. The number of rotatable bonds is 1. The topological polar surface area (TPSA) is 48.9 Å². The number of ether oxygens (including phenoxy) is 1. The number of hydrogen-bond acceptors (Lipinski definition) is 4. The van der Waals surface area contributed by atoms with Gasteiger partial charge in [0.25, 0.3) is 0 Å². The summed E-state index contributed by atoms with van der Waals surface area (Å²) in [5, 5.41) is 0. The Labute approximate surface area is 153 Å². The van der Waals surface area contributed by atoms with Gasteiger partial charge in [0.2, 0.25) is 5.82 Å². The molecule has 6 nitrogen and oxygen atoms in total. The third-order valence-electron chi connectivity index (χ3n) is 4.70. The van der Waals surface area contributed by atoms with Gasteiger partial charge in [-0.25, -0.2) is 18.6 Å². The lowest BCUT2D eigenvalue weighted by molar-refractivity contribution is 0.195. The Hall–Kier alpha value is -2.97. The molecular weight excluding hydrogens is 361 g/mol. The van der Waals surface area contributed by atoms with Crippen LogP contribution >= 0.6 is 0 Å². The maximum Gasteiger partial charge on any atom is 0.324 e. The normalized spacial score (nSPS) is 16.8. The third kappa shape index (κ3) is 3.24. The number of fused-ring (bicyclic) bond motifs is 1. The maximum absolute atomic E-state index is 13.9. The zero-order valence-electron chi connectivity index (χ0n) is 14.4. The minimum Gasteiger partial charge on any atom is -0.486 e. The van der Waals surface area contributed by atoms with E-state index in [0.717, 1.165) is 12.3 Å². The highest BCUT2D eigenvalue weighted by molar-refractivity contribution is 5.94. The molecule has 2 aromatic rings. The van der Waals surface area contributed by atoms with E-state index in [1.54, 1.807) is 11.0 Å². The molecule has 0 saturated carbocycles. The van der Waals surface area contributed by atoms with Crippen molar-refractivity contribution in [2.75, 3.05) is 49.1 Å². The minimum atomic E-state index is -1.09. The molecule has 0 N–H and O–H groups in total. The smallest absolute Gasteiger partial charge is 0.324 e. The van der Waals surface area contributed by atoms with Crippen molar-refractivity contribution in [2.45, 2.75) is 0 Å². The molecule has 0 bridgehead atoms. The van der Waals surface area contributed by atoms with E-state index in [1.165, 1.54) is 17.0 Å². The largest absolute Gasteiger partial charge is 0.486 e. The van der Waals surface area contributed by atoms with Crippen LogP contribution in [0.4, 0.5) is 29.5 Å². The first-order valence-corrected chi connectivity index (χ1v) is 8.58. The van der Waals surface area contributed by atoms with Gasteiger partial charge in [-0.15, -0.1) is 0 Å². The van der Waals surface area contributed by atoms with Crippen molar-refractivity contribution >= 4 is 17.5 Å². The van der Waals surface area contributed by atoms with E-state index in [-0.39, 0.29) is 30.6 Å². The van der Waals surface area contributed by atoms with Gasteiger partial charge in [0.05, 0.1) is 18.4 Å². The molecule has 2 aliphatic heterocycles. The average Bonchev–Trinajstić information content (AvgIpc) is 2.71. The number of benzene rings is 1. The second-order valence-corrected chi connectivity index (χ2v) is 6.30. The Kier molecular flexibility index (Phi) is 4.51. The molecule has 0 unspecified atom stereocenters. The molecule has 1 saturated heterocycles. The Balaban J connectivity index is 1.46. The number of carbonyl (C=O) groups is 1. The fraction of sp³-hybridized carbons (Fsp3) is 0.333. The molecule has 9 heteroatoms. The van der Waals surface area contributed by atoms with Crippen LogP contribution in [0.5, 0.6) is 5.75 Å². The minimum absolute atomic E-state index is 0.0958. The first kappa shape index (κ1) is 17.4. The van der Waals surface area contributed by atoms with E-state index in [4.69, 9.17) is 4.74 Å². The van der Waals surface area contributed by atoms with Crippen LogP contribution in [-0.4, -0.2) is 55.2 Å². The van der Waals surface area contributed by atoms with Gasteiger partial charge in [-0.3, -0.25) is 4.90 Å². The molecule has 142 valence electrons. The maximum atomic E-state index is 13.9. The Morgan fingerprint density at radius 2 is 1.78 bits per heavy atom. The van der Waals surface area contributed by atoms with Crippen LogP contribution in [0.1, 0.15) is 0 Å². The van der Waals surface area contributed by atoms with E-state index in [9.17, 15) is 18.0 Å². The highest BCUT2D eigenvalue weighted by Crippen LogP contribution is 2.36. The molecule has 1 aromatic carbocycles. The molecule has 0 radical (unpaired) electrons. The first-order valence-electron chi connectivity index (χ1n) is 8.58. The molecular formula is C18H17F3N4O2. The molecule has 2 aliphatic rings. The van der Waals surface area contributed by atoms with Gasteiger partial charge in [-0.1, -0.05) is 0 Å². The van der Waals surface area contributed by atoms with Crippen LogP contribution in [0.2, 0.25) is 0 Å². The molecule has 1 aromatic heterocycles. The van der Waals surface area contributed by atoms with Gasteiger partial charge in [0.1, 0.15) is 18.2 Å². The van der Waals surface area contributed by atoms with Crippen LogP contribution in [0, 0.1) is 17.5 Å². The average molecular weight is 378 g/mol. The summed E-state index contributed by atoms with van der Waals surface area (Å²) < 4.78 is 45.6. The van der Waals surface area contributed by atoms with Gasteiger partial charge in [0.15, 0.2) is 11.6 Å². The highest BCUT2D eigenvalue weighted by atomic mass is 19.2. The zero-order chi connectivity index (χ0) is 19.0. The van der Waals surface area contributed by atoms with Crippen molar-refractivity contribution in [2.24, 2.45) is 0 Å². The Morgan fingerprint density at radius 1 is 1.00 bits per heavy atom. The van der Waals surface area contributed by atoms with Crippen LogP contribution in [0.3, 0.4) is 0 Å². The summed E-state index contributed by atoms with van der Waals surface area (Å²) in [5.74, 6) is -2.08. The Morgan fingerprint density at radius 3 is 2.48 bits per heavy atom. The number of carbonyl (C=O) groups excluding carboxylic acids is 1. The van der Waals surface area contributed by atoms with E-state index in [2.05, 4.69) is 4.98 Å². The lowest BCUT2D eigenvalue weighted by Gasteiger charge is -2.39. The summed E-state index contributed by atoms with van der Waals surface area (Å²) in [5.41, 5.74) is 0.229. The Bertz CT molecular complexity index is 854. The fourth-order valence-corrected chi connectivity index (χ4v) is 3.28. The molecule has 0 spiro atoms. The van der Waals surface area contributed by atoms with Crippen LogP contribution in [-0.2, 0) is 0 Å². The summed E-state index contributed by atoms with van der Waals surface area (Å²) in [6, 6.07) is 5.00. The molecule has 0 aliphatic carbocycles. The van der Waals surface area contributed by atoms with Crippen molar-refractivity contribution in [3.63, 3.8) is 0 Å². The summed E-state index contributed by atoms with van der Waals surface area (Å²) in [4.78, 5) is 22.0. The SMILES string of the molecule is O=C(N1CCN(c2ccc(F)cn2)CC1)N1CCOc2c1ccc(F)c2F. The molecule has 27 heavy (non-hydrogen) atoms. The van der Waals surface area contributed by atoms with Gasteiger partial charge in [0, 0.05) is 26.2 Å². The van der Waals surface area contributed by atoms with E-state index >= 15 is 0 Å². The van der Waals surface area contributed by atoms with Gasteiger partial charge >= 0.3 is 6.03 Å². The standard InChI is InChI=1S/C18H17F3N4O2/c19-12-1-4-15(22-11-12)23-5-7-24(8-6-23)18(26)25-9-10-27-17-14(25)3-2-13(20)16(17)21/h1-4,11H,5-10H2. The summed E-state index contributed by atoms with van der Waals surface area (Å²) in [7, 11) is 0. The fourth-order valence-electron chi connectivity index (χ4n) is 3.28. The number of anilines is 2. The lowest BCUT2D eigenvalue weighted by Crippen LogP contribution is -2.54. The predicted molar refractivity (Wildman–Crippen MR) is 92.6 cm³/mol. The van der Waals surface area contributed by atoms with Gasteiger partial charge in [-0.05, 0) is 24.3 Å². The molecule has 1 fully saturated rings. The van der Waals surface area contributed by atoms with Crippen molar-refractivity contribution in [1.29, 1.82) is 0 Å². The van der Waals surface area contributed by atoms with Crippen LogP contribution in [0.15, 0.2) is 30.5 Å². The molecule has 2 amide bonds. The quantitative estimate of drug-likeness (QED) is 0.766. The molecule has 3 heterocycles. The lowest BCUT2D eigenvalue weighted by atomic mass is 10.2. The number of amides is 2. The van der Waals surface area contributed by atoms with Crippen molar-refractivity contribution < 1.29 is 22.7 Å². The monoisotopic (exact) mass is 378 g/mol. The number of nitrogens with zero attached hydrogens (tertiary/aromatic N) is 4. The molecule has 4 rings (SSSR count). The van der Waals surface area contributed by atoms with E-state index < -0.39 is 17.5 Å². The summed E-state index contributed by atoms with van der Waals surface area (Å²) in [6.45, 7) is 2.32. The molecule has 0 atom stereocenters. The third-order valence-corrected chi connectivity index (χ3v) is 4.70. The second-order valence-electron chi connectivity index (χ2n) is 6.30. The highest BCUT2D eigenvalue weighted by Gasteiger charge is 2.32. The van der Waals surface area contributed by atoms with Crippen molar-refractivity contribution in [3.8, 4) is 5.75 Å². The van der Waals surface area contributed by atoms with Crippen molar-refractivity contribution in [3.05, 3.63) is 47.9 Å². The van der Waals surface area contributed by atoms with E-state index in [1.807, 2.05) is 4.90 Å². The number of aromatic nitrogens is 1. The first-order chi connectivity index (χ1) is 13.0. The van der Waals surface area contributed by atoms with Crippen molar-refractivity contribution in [1.82, 2.24) is 9.88 Å². The zero-order valence-corrected chi connectivity index (χ0v) is 14.4. The van der Waals surface area contributed by atoms with Crippen LogP contribution in [0.25, 0.3) is 0 Å². The number of urea groups is 1. The van der Waals surface area contributed by atoms with Gasteiger partial charge < -0.3 is 14.5 Å². The van der Waals surface area contributed by atoms with E-state index in [0.29, 0.717) is 32.0 Å². The summed E-state index contributed by atoms with van der Waals surface area (Å²) in [6.07, 6.45) is 1.16.